The number of Topliss-reactive ketones (excluding diaryl/α,β-unsaturated/α-hetero) is 1. The number of phenolic OH excluding ortho intramolecular Hbond substituents is 1. The van der Waals surface area contributed by atoms with Crippen molar-refractivity contribution in [2.75, 3.05) is 7.11 Å². The monoisotopic (exact) mass is 330 g/mol. The maximum atomic E-state index is 13.7. The van der Waals surface area contributed by atoms with Gasteiger partial charge >= 0.3 is 0 Å². The van der Waals surface area contributed by atoms with E-state index in [2.05, 4.69) is 0 Å². The molecule has 0 bridgehead atoms. The van der Waals surface area contributed by atoms with Gasteiger partial charge in [-0.1, -0.05) is 18.2 Å². The van der Waals surface area contributed by atoms with E-state index >= 15 is 0 Å². The van der Waals surface area contributed by atoms with E-state index in [-0.39, 0.29) is 35.0 Å². The standard InChI is InChI=1S/C18H15FO5/c1-10(20)14-15(21)18(17-12(7-8-23-17)16(14)22-2)24-9-11-5-3-4-6-13(11)19/h3-8,21H,9H2,1-2H3. The summed E-state index contributed by atoms with van der Waals surface area (Å²) in [4.78, 5) is 11.9. The van der Waals surface area contributed by atoms with Gasteiger partial charge in [0.2, 0.25) is 5.75 Å². The first-order valence-electron chi connectivity index (χ1n) is 7.21. The highest BCUT2D eigenvalue weighted by atomic mass is 19.1. The number of ether oxygens (including phenoxy) is 2. The van der Waals surface area contributed by atoms with Crippen molar-refractivity contribution in [3.8, 4) is 17.2 Å². The molecule has 24 heavy (non-hydrogen) atoms. The number of aromatic hydroxyl groups is 1. The number of ketones is 1. The molecule has 0 radical (unpaired) electrons. The molecule has 0 aliphatic heterocycles. The number of phenols is 1. The van der Waals surface area contributed by atoms with Crippen LogP contribution in [0, 0.1) is 5.82 Å². The number of carbonyl (C=O) groups is 1. The van der Waals surface area contributed by atoms with Gasteiger partial charge in [-0.05, 0) is 19.1 Å². The van der Waals surface area contributed by atoms with E-state index in [1.54, 1.807) is 24.3 Å². The van der Waals surface area contributed by atoms with Crippen molar-refractivity contribution in [1.29, 1.82) is 0 Å². The summed E-state index contributed by atoms with van der Waals surface area (Å²) in [6.07, 6.45) is 1.40. The number of methoxy groups -OCH3 is 1. The first-order chi connectivity index (χ1) is 11.5. The molecule has 2 aromatic carbocycles. The Morgan fingerprint density at radius 1 is 1.25 bits per heavy atom. The molecule has 0 atom stereocenters. The van der Waals surface area contributed by atoms with Crippen LogP contribution in [0.1, 0.15) is 22.8 Å². The van der Waals surface area contributed by atoms with E-state index in [1.807, 2.05) is 0 Å². The zero-order chi connectivity index (χ0) is 17.3. The highest BCUT2D eigenvalue weighted by Crippen LogP contribution is 2.46. The Morgan fingerprint density at radius 2 is 2.00 bits per heavy atom. The van der Waals surface area contributed by atoms with Gasteiger partial charge in [-0.3, -0.25) is 4.79 Å². The Balaban J connectivity index is 2.11. The molecule has 0 aliphatic rings. The lowest BCUT2D eigenvalue weighted by atomic mass is 10.0. The first-order valence-corrected chi connectivity index (χ1v) is 7.21. The van der Waals surface area contributed by atoms with Crippen LogP contribution in [0.15, 0.2) is 41.0 Å². The van der Waals surface area contributed by atoms with Crippen LogP contribution in [0.3, 0.4) is 0 Å². The van der Waals surface area contributed by atoms with Crippen molar-refractivity contribution in [1.82, 2.24) is 0 Å². The van der Waals surface area contributed by atoms with E-state index in [0.29, 0.717) is 10.9 Å². The van der Waals surface area contributed by atoms with Crippen LogP contribution in [0.4, 0.5) is 4.39 Å². The van der Waals surface area contributed by atoms with Crippen molar-refractivity contribution < 1.29 is 28.2 Å². The number of furan rings is 1. The smallest absolute Gasteiger partial charge is 0.206 e. The van der Waals surface area contributed by atoms with Gasteiger partial charge in [0, 0.05) is 5.56 Å². The third-order valence-corrected chi connectivity index (χ3v) is 3.68. The predicted octanol–water partition coefficient (Wildman–Crippen LogP) is 4.07. The van der Waals surface area contributed by atoms with Crippen LogP contribution in [0.5, 0.6) is 17.2 Å². The van der Waals surface area contributed by atoms with E-state index in [0.717, 1.165) is 0 Å². The van der Waals surface area contributed by atoms with Crippen LogP contribution in [0.2, 0.25) is 0 Å². The van der Waals surface area contributed by atoms with Gasteiger partial charge < -0.3 is 19.0 Å². The Morgan fingerprint density at radius 3 is 2.67 bits per heavy atom. The molecule has 0 amide bonds. The Bertz CT molecular complexity index is 913. The number of benzene rings is 2. The minimum Gasteiger partial charge on any atom is -0.504 e. The molecule has 0 spiro atoms. The first kappa shape index (κ1) is 15.9. The number of hydrogen-bond donors (Lipinski definition) is 1. The van der Waals surface area contributed by atoms with Crippen LogP contribution >= 0.6 is 0 Å². The number of rotatable bonds is 5. The average Bonchev–Trinajstić information content (AvgIpc) is 3.03. The second-order valence-electron chi connectivity index (χ2n) is 5.19. The summed E-state index contributed by atoms with van der Waals surface area (Å²) in [6.45, 7) is 1.18. The number of hydrogen-bond acceptors (Lipinski definition) is 5. The Kier molecular flexibility index (Phi) is 4.12. The largest absolute Gasteiger partial charge is 0.504 e. The van der Waals surface area contributed by atoms with E-state index in [4.69, 9.17) is 13.9 Å². The summed E-state index contributed by atoms with van der Waals surface area (Å²) in [5, 5.41) is 10.9. The summed E-state index contributed by atoms with van der Waals surface area (Å²) < 4.78 is 29.9. The summed E-state index contributed by atoms with van der Waals surface area (Å²) in [5.41, 5.74) is 0.539. The fraction of sp³-hybridized carbons (Fsp3) is 0.167. The van der Waals surface area contributed by atoms with E-state index in [9.17, 15) is 14.3 Å². The molecule has 0 saturated heterocycles. The molecule has 3 rings (SSSR count). The zero-order valence-electron chi connectivity index (χ0n) is 13.1. The Hall–Kier alpha value is -3.02. The molecular weight excluding hydrogens is 315 g/mol. The second kappa shape index (κ2) is 6.23. The molecule has 0 fully saturated rings. The minimum atomic E-state index is -0.423. The lowest BCUT2D eigenvalue weighted by molar-refractivity contribution is 0.101. The number of halogens is 1. The fourth-order valence-electron chi connectivity index (χ4n) is 2.57. The SMILES string of the molecule is COc1c(C(C)=O)c(O)c(OCc2ccccc2F)c2occc12. The highest BCUT2D eigenvalue weighted by molar-refractivity contribution is 6.08. The van der Waals surface area contributed by atoms with Gasteiger partial charge in [0.15, 0.2) is 17.1 Å². The average molecular weight is 330 g/mol. The van der Waals surface area contributed by atoms with Gasteiger partial charge in [0.25, 0.3) is 0 Å². The second-order valence-corrected chi connectivity index (χ2v) is 5.19. The van der Waals surface area contributed by atoms with Crippen LogP contribution in [-0.2, 0) is 6.61 Å². The third-order valence-electron chi connectivity index (χ3n) is 3.68. The molecule has 124 valence electrons. The van der Waals surface area contributed by atoms with Gasteiger partial charge in [0.1, 0.15) is 23.7 Å². The molecule has 1 aromatic heterocycles. The Labute approximate surface area is 137 Å². The van der Waals surface area contributed by atoms with Crippen LogP contribution in [0.25, 0.3) is 11.0 Å². The normalized spacial score (nSPS) is 10.8. The maximum Gasteiger partial charge on any atom is 0.206 e. The van der Waals surface area contributed by atoms with Crippen LogP contribution in [-0.4, -0.2) is 18.0 Å². The van der Waals surface area contributed by atoms with E-state index < -0.39 is 11.6 Å². The van der Waals surface area contributed by atoms with Crippen molar-refractivity contribution in [2.45, 2.75) is 13.5 Å². The summed E-state index contributed by atoms with van der Waals surface area (Å²) >= 11 is 0. The number of fused-ring (bicyclic) bond motifs is 1. The minimum absolute atomic E-state index is 0.00469. The van der Waals surface area contributed by atoms with Crippen molar-refractivity contribution in [3.63, 3.8) is 0 Å². The van der Waals surface area contributed by atoms with Gasteiger partial charge in [-0.25, -0.2) is 4.39 Å². The molecule has 0 saturated carbocycles. The lowest BCUT2D eigenvalue weighted by Crippen LogP contribution is -2.03. The molecule has 0 aliphatic carbocycles. The van der Waals surface area contributed by atoms with Crippen molar-refractivity contribution in [2.24, 2.45) is 0 Å². The number of carbonyl (C=O) groups excluding carboxylic acids is 1. The highest BCUT2D eigenvalue weighted by Gasteiger charge is 2.26. The zero-order valence-corrected chi connectivity index (χ0v) is 13.1. The summed E-state index contributed by atoms with van der Waals surface area (Å²) in [7, 11) is 1.40. The van der Waals surface area contributed by atoms with Crippen molar-refractivity contribution in [3.05, 3.63) is 53.5 Å². The molecule has 5 nitrogen and oxygen atoms in total. The predicted molar refractivity (Wildman–Crippen MR) is 85.2 cm³/mol. The van der Waals surface area contributed by atoms with Crippen LogP contribution < -0.4 is 9.47 Å². The molecular formula is C18H15FO5. The fourth-order valence-corrected chi connectivity index (χ4v) is 2.57. The van der Waals surface area contributed by atoms with Gasteiger partial charge in [0.05, 0.1) is 18.8 Å². The molecule has 6 heteroatoms. The van der Waals surface area contributed by atoms with Gasteiger partial charge in [-0.2, -0.15) is 0 Å². The quantitative estimate of drug-likeness (QED) is 0.714. The topological polar surface area (TPSA) is 68.9 Å². The van der Waals surface area contributed by atoms with E-state index in [1.165, 1.54) is 26.4 Å². The third kappa shape index (κ3) is 2.56. The molecule has 1 heterocycles. The van der Waals surface area contributed by atoms with Crippen molar-refractivity contribution >= 4 is 16.8 Å². The van der Waals surface area contributed by atoms with Gasteiger partial charge in [-0.15, -0.1) is 0 Å². The summed E-state index contributed by atoms with van der Waals surface area (Å²) in [5.74, 6) is -1.01. The summed E-state index contributed by atoms with van der Waals surface area (Å²) in [6, 6.07) is 7.74. The molecule has 3 aromatic rings. The molecule has 0 unspecified atom stereocenters. The lowest BCUT2D eigenvalue weighted by Gasteiger charge is -2.14. The molecule has 1 N–H and O–H groups in total. The maximum absolute atomic E-state index is 13.7.